The van der Waals surface area contributed by atoms with E-state index >= 15 is 0 Å². The Morgan fingerprint density at radius 2 is 1.55 bits per heavy atom. The number of nitrogens with two attached hydrogens (primary N) is 1. The van der Waals surface area contributed by atoms with E-state index in [0.29, 0.717) is 0 Å². The van der Waals surface area contributed by atoms with Crippen LogP contribution in [0.25, 0.3) is 0 Å². The van der Waals surface area contributed by atoms with Gasteiger partial charge in [-0.15, -0.1) is 11.3 Å². The lowest BCUT2D eigenvalue weighted by atomic mass is 10.0. The van der Waals surface area contributed by atoms with Crippen molar-refractivity contribution in [3.05, 3.63) is 20.8 Å². The van der Waals surface area contributed by atoms with Crippen LogP contribution in [0.1, 0.15) is 88.5 Å². The molecule has 0 bridgehead atoms. The Bertz CT molecular complexity index is 337. The van der Waals surface area contributed by atoms with Crippen LogP contribution in [0.2, 0.25) is 0 Å². The average molecular weight is 360 g/mol. The second kappa shape index (κ2) is 11.8. The zero-order valence-corrected chi connectivity index (χ0v) is 15.3. The van der Waals surface area contributed by atoms with Gasteiger partial charge in [0.05, 0.1) is 0 Å². The van der Waals surface area contributed by atoms with Crippen LogP contribution in [0.15, 0.2) is 15.9 Å². The van der Waals surface area contributed by atoms with Crippen molar-refractivity contribution in [3.8, 4) is 0 Å². The molecule has 0 aromatic carbocycles. The summed E-state index contributed by atoms with van der Waals surface area (Å²) in [5, 5.41) is 2.11. The fourth-order valence-corrected chi connectivity index (χ4v) is 4.26. The highest BCUT2D eigenvalue weighted by Crippen LogP contribution is 2.30. The minimum Gasteiger partial charge on any atom is -0.323 e. The molecule has 0 aliphatic rings. The van der Waals surface area contributed by atoms with Crippen LogP contribution in [-0.4, -0.2) is 0 Å². The SMILES string of the molecule is CCCCCCCCCCCCC(N)c1sccc1Br. The molecule has 1 atom stereocenters. The third-order valence-corrected chi connectivity index (χ3v) is 5.85. The molecule has 1 unspecified atom stereocenters. The summed E-state index contributed by atoms with van der Waals surface area (Å²) >= 11 is 5.33. The summed E-state index contributed by atoms with van der Waals surface area (Å²) in [6, 6.07) is 2.32. The van der Waals surface area contributed by atoms with Crippen LogP contribution in [0.3, 0.4) is 0 Å². The molecule has 1 rings (SSSR count). The van der Waals surface area contributed by atoms with E-state index in [0.717, 1.165) is 6.42 Å². The molecular formula is C17H30BrNS. The first-order chi connectivity index (χ1) is 9.75. The highest BCUT2D eigenvalue weighted by Gasteiger charge is 2.10. The molecule has 2 N–H and O–H groups in total. The summed E-state index contributed by atoms with van der Waals surface area (Å²) in [6.45, 7) is 2.28. The van der Waals surface area contributed by atoms with Gasteiger partial charge in [-0.3, -0.25) is 0 Å². The van der Waals surface area contributed by atoms with E-state index in [1.807, 2.05) is 0 Å². The third-order valence-electron chi connectivity index (χ3n) is 3.85. The molecule has 1 nitrogen and oxygen atoms in total. The first-order valence-electron chi connectivity index (χ1n) is 8.24. The van der Waals surface area contributed by atoms with Crippen molar-refractivity contribution in [2.75, 3.05) is 0 Å². The van der Waals surface area contributed by atoms with E-state index in [1.165, 1.54) is 73.6 Å². The van der Waals surface area contributed by atoms with Gasteiger partial charge in [-0.2, -0.15) is 0 Å². The van der Waals surface area contributed by atoms with Gasteiger partial charge in [0.15, 0.2) is 0 Å². The van der Waals surface area contributed by atoms with Crippen molar-refractivity contribution in [3.63, 3.8) is 0 Å². The average Bonchev–Trinajstić information content (AvgIpc) is 2.87. The Hall–Kier alpha value is 0.140. The van der Waals surface area contributed by atoms with Crippen LogP contribution in [0.4, 0.5) is 0 Å². The number of unbranched alkanes of at least 4 members (excludes halogenated alkanes) is 9. The van der Waals surface area contributed by atoms with Gasteiger partial charge < -0.3 is 5.73 Å². The van der Waals surface area contributed by atoms with Crippen molar-refractivity contribution in [2.24, 2.45) is 5.73 Å². The highest BCUT2D eigenvalue weighted by molar-refractivity contribution is 9.10. The summed E-state index contributed by atoms with van der Waals surface area (Å²) < 4.78 is 1.18. The van der Waals surface area contributed by atoms with Crippen LogP contribution in [0.5, 0.6) is 0 Å². The van der Waals surface area contributed by atoms with Crippen molar-refractivity contribution in [1.29, 1.82) is 0 Å². The molecule has 0 amide bonds. The molecule has 0 spiro atoms. The molecule has 1 aromatic rings. The van der Waals surface area contributed by atoms with Crippen LogP contribution in [0, 0.1) is 0 Å². The molecule has 0 saturated heterocycles. The monoisotopic (exact) mass is 359 g/mol. The van der Waals surface area contributed by atoms with Crippen molar-refractivity contribution in [1.82, 2.24) is 0 Å². The van der Waals surface area contributed by atoms with Crippen LogP contribution in [-0.2, 0) is 0 Å². The van der Waals surface area contributed by atoms with Gasteiger partial charge >= 0.3 is 0 Å². The predicted octanol–water partition coefficient (Wildman–Crippen LogP) is 6.82. The number of hydrogen-bond acceptors (Lipinski definition) is 2. The first kappa shape index (κ1) is 18.2. The molecular weight excluding hydrogens is 330 g/mol. The second-order valence-electron chi connectivity index (χ2n) is 5.71. The minimum atomic E-state index is 0.221. The molecule has 0 saturated carbocycles. The highest BCUT2D eigenvalue weighted by atomic mass is 79.9. The quantitative estimate of drug-likeness (QED) is 0.407. The van der Waals surface area contributed by atoms with Crippen molar-refractivity contribution in [2.45, 2.75) is 83.6 Å². The van der Waals surface area contributed by atoms with Crippen LogP contribution >= 0.6 is 27.3 Å². The van der Waals surface area contributed by atoms with Gasteiger partial charge in [0.1, 0.15) is 0 Å². The second-order valence-corrected chi connectivity index (χ2v) is 7.51. The summed E-state index contributed by atoms with van der Waals surface area (Å²) in [5.41, 5.74) is 6.23. The van der Waals surface area contributed by atoms with E-state index in [2.05, 4.69) is 34.3 Å². The number of rotatable bonds is 12. The van der Waals surface area contributed by atoms with Gasteiger partial charge in [0, 0.05) is 15.4 Å². The van der Waals surface area contributed by atoms with Gasteiger partial charge in [0.25, 0.3) is 0 Å². The topological polar surface area (TPSA) is 26.0 Å². The van der Waals surface area contributed by atoms with Gasteiger partial charge in [-0.25, -0.2) is 0 Å². The fourth-order valence-electron chi connectivity index (χ4n) is 2.55. The Kier molecular flexibility index (Phi) is 10.7. The fraction of sp³-hybridized carbons (Fsp3) is 0.765. The lowest BCUT2D eigenvalue weighted by Crippen LogP contribution is -2.08. The van der Waals surface area contributed by atoms with E-state index in [9.17, 15) is 0 Å². The molecule has 0 aliphatic carbocycles. The predicted molar refractivity (Wildman–Crippen MR) is 95.4 cm³/mol. The smallest absolute Gasteiger partial charge is 0.0401 e. The Morgan fingerprint density at radius 1 is 1.00 bits per heavy atom. The number of halogens is 1. The van der Waals surface area contributed by atoms with E-state index in [1.54, 1.807) is 11.3 Å². The van der Waals surface area contributed by atoms with Gasteiger partial charge in [-0.05, 0) is 33.8 Å². The largest absolute Gasteiger partial charge is 0.323 e. The Balaban J connectivity index is 1.91. The molecule has 1 aromatic heterocycles. The maximum atomic E-state index is 6.23. The van der Waals surface area contributed by atoms with Crippen LogP contribution < -0.4 is 5.73 Å². The van der Waals surface area contributed by atoms with Gasteiger partial charge in [0.2, 0.25) is 0 Å². The molecule has 116 valence electrons. The third kappa shape index (κ3) is 7.80. The molecule has 1 heterocycles. The number of hydrogen-bond donors (Lipinski definition) is 1. The van der Waals surface area contributed by atoms with E-state index in [4.69, 9.17) is 5.73 Å². The Labute approximate surface area is 137 Å². The van der Waals surface area contributed by atoms with E-state index in [-0.39, 0.29) is 6.04 Å². The summed E-state index contributed by atoms with van der Waals surface area (Å²) in [5.74, 6) is 0. The number of thiophene rings is 1. The zero-order valence-electron chi connectivity index (χ0n) is 12.9. The van der Waals surface area contributed by atoms with E-state index < -0.39 is 0 Å². The molecule has 3 heteroatoms. The van der Waals surface area contributed by atoms with Gasteiger partial charge in [-0.1, -0.05) is 71.1 Å². The molecule has 0 aliphatic heterocycles. The maximum absolute atomic E-state index is 6.23. The molecule has 20 heavy (non-hydrogen) atoms. The first-order valence-corrected chi connectivity index (χ1v) is 9.91. The molecule has 0 radical (unpaired) electrons. The normalized spacial score (nSPS) is 12.8. The van der Waals surface area contributed by atoms with Crippen molar-refractivity contribution >= 4 is 27.3 Å². The maximum Gasteiger partial charge on any atom is 0.0401 e. The summed E-state index contributed by atoms with van der Waals surface area (Å²) in [7, 11) is 0. The minimum absolute atomic E-state index is 0.221. The summed E-state index contributed by atoms with van der Waals surface area (Å²) in [6.07, 6.45) is 15.0. The Morgan fingerprint density at radius 3 is 2.05 bits per heavy atom. The van der Waals surface area contributed by atoms with Crippen molar-refractivity contribution < 1.29 is 0 Å². The lowest BCUT2D eigenvalue weighted by Gasteiger charge is -2.10. The zero-order chi connectivity index (χ0) is 14.6. The molecule has 0 fully saturated rings. The summed E-state index contributed by atoms with van der Waals surface area (Å²) in [4.78, 5) is 1.31. The lowest BCUT2D eigenvalue weighted by molar-refractivity contribution is 0.531. The standard InChI is InChI=1S/C17H30BrNS/c1-2-3-4-5-6-7-8-9-10-11-12-16(19)17-15(18)13-14-20-17/h13-14,16H,2-12,19H2,1H3.